The Balaban J connectivity index is 2.55. The molecule has 0 spiro atoms. The summed E-state index contributed by atoms with van der Waals surface area (Å²) in [5, 5.41) is 32.3. The Bertz CT molecular complexity index is 527. The van der Waals surface area contributed by atoms with Crippen LogP contribution in [0.2, 0.25) is 0 Å². The summed E-state index contributed by atoms with van der Waals surface area (Å²) in [6.07, 6.45) is -0.302. The quantitative estimate of drug-likeness (QED) is 0.400. The van der Waals surface area contributed by atoms with Gasteiger partial charge >= 0.3 is 5.95 Å². The molecule has 0 aliphatic heterocycles. The van der Waals surface area contributed by atoms with Gasteiger partial charge in [-0.15, -0.1) is 0 Å². The highest BCUT2D eigenvalue weighted by Crippen LogP contribution is 1.96. The van der Waals surface area contributed by atoms with Gasteiger partial charge in [-0.25, -0.2) is 5.43 Å². The maximum absolute atomic E-state index is 10.9. The molecule has 94 valence electrons. The predicted molar refractivity (Wildman–Crippen MR) is 56.0 cm³/mol. The number of hydrazone groups is 1. The fourth-order valence-corrected chi connectivity index (χ4v) is 0.884. The van der Waals surface area contributed by atoms with Crippen molar-refractivity contribution in [3.05, 3.63) is 10.1 Å². The Labute approximate surface area is 100 Å². The number of nitro groups is 1. The van der Waals surface area contributed by atoms with Gasteiger partial charge < -0.3 is 10.1 Å². The summed E-state index contributed by atoms with van der Waals surface area (Å²) >= 11 is 0. The lowest BCUT2D eigenvalue weighted by atomic mass is 10.4. The zero-order valence-electron chi connectivity index (χ0n) is 9.27. The number of rotatable bonds is 5. The van der Waals surface area contributed by atoms with Crippen molar-refractivity contribution in [2.24, 2.45) is 5.10 Å². The number of nitrogens with one attached hydrogen (secondary N) is 1. The molecule has 1 aromatic heterocycles. The summed E-state index contributed by atoms with van der Waals surface area (Å²) in [6.45, 7) is 1.59. The van der Waals surface area contributed by atoms with Crippen molar-refractivity contribution in [3.8, 4) is 6.07 Å². The van der Waals surface area contributed by atoms with Crippen molar-refractivity contribution >= 4 is 17.6 Å². The van der Waals surface area contributed by atoms with E-state index in [1.54, 1.807) is 13.0 Å². The molecular weight excluding hydrogens is 244 g/mol. The van der Waals surface area contributed by atoms with Gasteiger partial charge in [0.1, 0.15) is 13.0 Å². The summed E-state index contributed by atoms with van der Waals surface area (Å²) in [4.78, 5) is 21.4. The molecule has 0 saturated heterocycles. The molecule has 11 heteroatoms. The maximum Gasteiger partial charge on any atom is 0.514 e. The third kappa shape index (κ3) is 3.93. The minimum atomic E-state index is -0.773. The van der Waals surface area contributed by atoms with Crippen molar-refractivity contribution in [1.82, 2.24) is 25.6 Å². The first-order valence-electron chi connectivity index (χ1n) is 4.64. The van der Waals surface area contributed by atoms with Crippen LogP contribution in [-0.2, 0) is 11.3 Å². The molecule has 1 amide bonds. The van der Waals surface area contributed by atoms with E-state index in [9.17, 15) is 14.9 Å². The molecule has 1 aromatic rings. The molecule has 0 aliphatic carbocycles. The highest BCUT2D eigenvalue weighted by Gasteiger charge is 2.15. The summed E-state index contributed by atoms with van der Waals surface area (Å²) in [5.74, 6) is -1.16. The van der Waals surface area contributed by atoms with Gasteiger partial charge in [-0.3, -0.25) is 4.79 Å². The Morgan fingerprint density at radius 2 is 2.44 bits per heavy atom. The lowest BCUT2D eigenvalue weighted by Gasteiger charge is -1.97. The van der Waals surface area contributed by atoms with Gasteiger partial charge in [0.25, 0.3) is 5.91 Å². The summed E-state index contributed by atoms with van der Waals surface area (Å²) in [7, 11) is 0. The van der Waals surface area contributed by atoms with Crippen molar-refractivity contribution in [2.75, 3.05) is 0 Å². The number of carbonyl (C=O) groups is 1. The summed E-state index contributed by atoms with van der Waals surface area (Å²) < 4.78 is 0. The van der Waals surface area contributed by atoms with E-state index in [2.05, 4.69) is 25.9 Å². The standard InChI is InChI=1S/C7H8N8O3/c1-5(9-10-6(16)2-3-8)4-14-12-7(11-13-14)15(17)18/h2,4H2,1H3,(H,10,16). The van der Waals surface area contributed by atoms with Crippen LogP contribution in [0, 0.1) is 21.4 Å². The molecule has 1 heterocycles. The largest absolute Gasteiger partial charge is 0.514 e. The highest BCUT2D eigenvalue weighted by molar-refractivity contribution is 5.84. The Hall–Kier alpha value is -2.90. The fourth-order valence-electron chi connectivity index (χ4n) is 0.884. The zero-order chi connectivity index (χ0) is 13.5. The van der Waals surface area contributed by atoms with Crippen molar-refractivity contribution < 1.29 is 9.72 Å². The molecule has 0 aromatic carbocycles. The molecule has 11 nitrogen and oxygen atoms in total. The third-order valence-electron chi connectivity index (χ3n) is 1.59. The monoisotopic (exact) mass is 252 g/mol. The molecule has 0 saturated carbocycles. The molecule has 0 aliphatic rings. The van der Waals surface area contributed by atoms with Crippen molar-refractivity contribution in [2.45, 2.75) is 19.9 Å². The van der Waals surface area contributed by atoms with E-state index in [-0.39, 0.29) is 13.0 Å². The van der Waals surface area contributed by atoms with Crippen LogP contribution >= 0.6 is 0 Å². The number of carbonyl (C=O) groups excluding carboxylic acids is 1. The van der Waals surface area contributed by atoms with E-state index >= 15 is 0 Å². The van der Waals surface area contributed by atoms with Gasteiger partial charge in [-0.05, 0) is 11.8 Å². The van der Waals surface area contributed by atoms with Crippen LogP contribution in [0.1, 0.15) is 13.3 Å². The second kappa shape index (κ2) is 5.99. The van der Waals surface area contributed by atoms with E-state index in [0.717, 1.165) is 4.80 Å². The van der Waals surface area contributed by atoms with Crippen LogP contribution in [0.3, 0.4) is 0 Å². The topological polar surface area (TPSA) is 152 Å². The molecular formula is C7H8N8O3. The second-order valence-corrected chi connectivity index (χ2v) is 3.09. The van der Waals surface area contributed by atoms with E-state index in [1.165, 1.54) is 0 Å². The molecule has 0 atom stereocenters. The molecule has 0 radical (unpaired) electrons. The smallest absolute Gasteiger partial charge is 0.390 e. The van der Waals surface area contributed by atoms with Gasteiger partial charge in [0.05, 0.1) is 22.0 Å². The lowest BCUT2D eigenvalue weighted by molar-refractivity contribution is -0.394. The number of tetrazole rings is 1. The first kappa shape index (κ1) is 13.2. The highest BCUT2D eigenvalue weighted by atomic mass is 16.6. The van der Waals surface area contributed by atoms with Crippen molar-refractivity contribution in [1.29, 1.82) is 5.26 Å². The average molecular weight is 252 g/mol. The molecule has 1 rings (SSSR count). The summed E-state index contributed by atoms with van der Waals surface area (Å²) in [6, 6.07) is 1.66. The van der Waals surface area contributed by atoms with Crippen LogP contribution in [-0.4, -0.2) is 36.7 Å². The first-order chi connectivity index (χ1) is 8.52. The number of nitriles is 1. The fraction of sp³-hybridized carbons (Fsp3) is 0.429. The van der Waals surface area contributed by atoms with E-state index < -0.39 is 16.8 Å². The maximum atomic E-state index is 10.9. The number of hydrogen-bond acceptors (Lipinski definition) is 8. The van der Waals surface area contributed by atoms with Gasteiger partial charge in [-0.1, -0.05) is 4.80 Å². The van der Waals surface area contributed by atoms with Crippen LogP contribution in [0.5, 0.6) is 0 Å². The Morgan fingerprint density at radius 1 is 1.72 bits per heavy atom. The molecule has 0 bridgehead atoms. The van der Waals surface area contributed by atoms with Gasteiger partial charge in [0.2, 0.25) is 0 Å². The number of amides is 1. The minimum absolute atomic E-state index is 0.0354. The SMILES string of the molecule is CC(Cn1nnc([N+](=O)[O-])n1)=NNC(=O)CC#N. The summed E-state index contributed by atoms with van der Waals surface area (Å²) in [5.41, 5.74) is 2.53. The third-order valence-corrected chi connectivity index (χ3v) is 1.59. The van der Waals surface area contributed by atoms with Crippen LogP contribution in [0.15, 0.2) is 5.10 Å². The van der Waals surface area contributed by atoms with Crippen LogP contribution in [0.4, 0.5) is 5.95 Å². The number of nitrogens with zero attached hydrogens (tertiary/aromatic N) is 7. The van der Waals surface area contributed by atoms with E-state index in [0.29, 0.717) is 5.71 Å². The molecule has 18 heavy (non-hydrogen) atoms. The molecule has 1 N–H and O–H groups in total. The minimum Gasteiger partial charge on any atom is -0.390 e. The van der Waals surface area contributed by atoms with E-state index in [1.807, 2.05) is 0 Å². The van der Waals surface area contributed by atoms with E-state index in [4.69, 9.17) is 5.26 Å². The number of hydrogen-bond donors (Lipinski definition) is 1. The van der Waals surface area contributed by atoms with Gasteiger partial charge in [-0.2, -0.15) is 10.4 Å². The van der Waals surface area contributed by atoms with Gasteiger partial charge in [0.15, 0.2) is 0 Å². The molecule has 0 fully saturated rings. The molecule has 0 unspecified atom stereocenters. The van der Waals surface area contributed by atoms with Gasteiger partial charge in [0, 0.05) is 5.21 Å². The normalized spacial score (nSPS) is 10.8. The van der Waals surface area contributed by atoms with Crippen molar-refractivity contribution in [3.63, 3.8) is 0 Å². The van der Waals surface area contributed by atoms with Crippen LogP contribution in [0.25, 0.3) is 0 Å². The zero-order valence-corrected chi connectivity index (χ0v) is 9.27. The van der Waals surface area contributed by atoms with Crippen LogP contribution < -0.4 is 5.43 Å². The average Bonchev–Trinajstić information content (AvgIpc) is 2.75. The second-order valence-electron chi connectivity index (χ2n) is 3.09. The first-order valence-corrected chi connectivity index (χ1v) is 4.64. The number of aromatic nitrogens is 4. The Kier molecular flexibility index (Phi) is 4.38. The lowest BCUT2D eigenvalue weighted by Crippen LogP contribution is -2.20. The predicted octanol–water partition coefficient (Wildman–Crippen LogP) is -1.01. The Morgan fingerprint density at radius 3 is 3.00 bits per heavy atom.